The first-order valence-corrected chi connectivity index (χ1v) is 3.87. The molecule has 1 N–H and O–H groups in total. The van der Waals surface area contributed by atoms with Gasteiger partial charge in [0, 0.05) is 19.6 Å². The molecule has 0 aromatic heterocycles. The molecule has 100 valence electrons. The molecule has 0 saturated carbocycles. The second-order valence-corrected chi connectivity index (χ2v) is 2.00. The monoisotopic (exact) mass is 274 g/mol. The number of hydrogen-bond acceptors (Lipinski definition) is 2. The third-order valence-electron chi connectivity index (χ3n) is 1.08. The number of aliphatic hydroxyl groups excluding tert-OH is 1. The minimum Gasteiger partial charge on any atom is -1.00 e. The van der Waals surface area contributed by atoms with Crippen molar-refractivity contribution in [3.63, 3.8) is 0 Å². The van der Waals surface area contributed by atoms with Gasteiger partial charge in [0.1, 0.15) is 0 Å². The van der Waals surface area contributed by atoms with Gasteiger partial charge in [0.25, 0.3) is 0 Å². The van der Waals surface area contributed by atoms with Crippen LogP contribution in [0.25, 0.3) is 0 Å². The summed E-state index contributed by atoms with van der Waals surface area (Å²) >= 11 is 0. The molecule has 0 spiro atoms. The maximum atomic E-state index is 7.92. The van der Waals surface area contributed by atoms with E-state index in [1.165, 1.54) is 12.8 Å². The number of hydrogen-bond donors (Lipinski definition) is 1. The van der Waals surface area contributed by atoms with Crippen molar-refractivity contribution in [2.45, 2.75) is 34.1 Å². The zero-order valence-electron chi connectivity index (χ0n) is 9.42. The van der Waals surface area contributed by atoms with Crippen LogP contribution in [0, 0.1) is 32.6 Å². The summed E-state index contributed by atoms with van der Waals surface area (Å²) < 4.78 is 4.94. The summed E-state index contributed by atoms with van der Waals surface area (Å²) in [5, 5.41) is 7.92. The van der Waals surface area contributed by atoms with E-state index in [0.717, 1.165) is 13.2 Å². The predicted molar refractivity (Wildman–Crippen MR) is 76.1 cm³/mol. The van der Waals surface area contributed by atoms with Crippen LogP contribution in [0.4, 0.5) is 0 Å². The van der Waals surface area contributed by atoms with Crippen molar-refractivity contribution in [1.82, 2.24) is 0 Å². The smallest absolute Gasteiger partial charge is 1.00 e. The molecule has 0 amide bonds. The Morgan fingerprint density at radius 1 is 1.12 bits per heavy atom. The van der Waals surface area contributed by atoms with E-state index in [4.69, 9.17) is 16.3 Å². The van der Waals surface area contributed by atoms with Crippen molar-refractivity contribution in [3.05, 3.63) is 7.43 Å². The van der Waals surface area contributed by atoms with E-state index in [0.29, 0.717) is 6.42 Å². The first-order chi connectivity index (χ1) is 5.91. The Morgan fingerprint density at radius 3 is 1.53 bits per heavy atom. The van der Waals surface area contributed by atoms with Crippen molar-refractivity contribution < 1.29 is 22.3 Å². The van der Waals surface area contributed by atoms with Crippen molar-refractivity contribution in [3.8, 4) is 25.2 Å². The molecular weight excluding hydrogens is 248 g/mol. The largest absolute Gasteiger partial charge is 2.00 e. The summed E-state index contributed by atoms with van der Waals surface area (Å²) in [7, 11) is 0. The van der Waals surface area contributed by atoms with Gasteiger partial charge in [-0.05, 0) is 12.8 Å². The Bertz CT molecular complexity index is 122. The molecule has 0 aromatic carbocycles. The SMILES string of the molecule is C.C.C#C.C#CCCO.C1CCOC1.[CH3-].[Cl-].[Mg+2]. The average Bonchev–Trinajstić information content (AvgIpc) is 2.67. The Hall–Kier alpha value is 0.0962. The Kier molecular flexibility index (Phi) is 143. The van der Waals surface area contributed by atoms with Crippen LogP contribution in [-0.4, -0.2) is 48.0 Å². The van der Waals surface area contributed by atoms with Crippen molar-refractivity contribution in [1.29, 1.82) is 0 Å². The molecule has 1 rings (SSSR count). The molecule has 1 fully saturated rings. The molecule has 1 saturated heterocycles. The quantitative estimate of drug-likeness (QED) is 0.393. The molecular formula is C13H27ClMgO2. The molecule has 1 aliphatic rings. The van der Waals surface area contributed by atoms with Crippen molar-refractivity contribution in [2.75, 3.05) is 19.8 Å². The maximum Gasteiger partial charge on any atom is 2.00 e. The number of rotatable bonds is 1. The molecule has 4 heteroatoms. The van der Waals surface area contributed by atoms with Gasteiger partial charge in [-0.3, -0.25) is 0 Å². The fourth-order valence-corrected chi connectivity index (χ4v) is 0.575. The van der Waals surface area contributed by atoms with E-state index >= 15 is 0 Å². The topological polar surface area (TPSA) is 29.5 Å². The number of aliphatic hydroxyl groups is 1. The molecule has 0 bridgehead atoms. The summed E-state index contributed by atoms with van der Waals surface area (Å²) in [5.41, 5.74) is 0. The van der Waals surface area contributed by atoms with E-state index in [1.54, 1.807) is 0 Å². The number of halogens is 1. The third kappa shape index (κ3) is 63.5. The van der Waals surface area contributed by atoms with Gasteiger partial charge in [-0.2, -0.15) is 0 Å². The van der Waals surface area contributed by atoms with Gasteiger partial charge in [-0.15, -0.1) is 25.2 Å². The normalized spacial score (nSPS) is 9.06. The average molecular weight is 275 g/mol. The molecule has 0 unspecified atom stereocenters. The van der Waals surface area contributed by atoms with E-state index in [2.05, 4.69) is 18.8 Å². The minimum atomic E-state index is 0. The van der Waals surface area contributed by atoms with E-state index < -0.39 is 0 Å². The Morgan fingerprint density at radius 2 is 1.47 bits per heavy atom. The van der Waals surface area contributed by atoms with Crippen LogP contribution in [0.1, 0.15) is 34.1 Å². The third-order valence-corrected chi connectivity index (χ3v) is 1.08. The van der Waals surface area contributed by atoms with Crippen LogP contribution in [0.15, 0.2) is 0 Å². The van der Waals surface area contributed by atoms with E-state index in [-0.39, 0.29) is 64.3 Å². The van der Waals surface area contributed by atoms with Gasteiger partial charge in [-0.25, -0.2) is 0 Å². The minimum absolute atomic E-state index is 0. The van der Waals surface area contributed by atoms with E-state index in [1.807, 2.05) is 0 Å². The second kappa shape index (κ2) is 56.0. The molecule has 0 atom stereocenters. The van der Waals surface area contributed by atoms with Gasteiger partial charge in [0.2, 0.25) is 0 Å². The van der Waals surface area contributed by atoms with Gasteiger partial charge >= 0.3 is 23.1 Å². The number of terminal acetylenes is 2. The first-order valence-electron chi connectivity index (χ1n) is 3.87. The molecule has 2 nitrogen and oxygen atoms in total. The Labute approximate surface area is 131 Å². The number of ether oxygens (including phenoxy) is 1. The van der Waals surface area contributed by atoms with Gasteiger partial charge in [0.05, 0.1) is 6.61 Å². The van der Waals surface area contributed by atoms with Crippen LogP contribution in [0.3, 0.4) is 0 Å². The van der Waals surface area contributed by atoms with Crippen molar-refractivity contribution >= 4 is 23.1 Å². The molecule has 0 aliphatic carbocycles. The summed E-state index contributed by atoms with van der Waals surface area (Å²) in [6.45, 7) is 2.11. The fraction of sp³-hybridized carbons (Fsp3) is 0.615. The maximum absolute atomic E-state index is 7.92. The second-order valence-electron chi connectivity index (χ2n) is 2.00. The summed E-state index contributed by atoms with van der Waals surface area (Å²) in [6, 6.07) is 0. The standard InChI is InChI=1S/C4H8O.C4H6O.C2H2.2CH4.CH3.ClH.Mg/c1-2-4-5-3-1;1-2-3-4-5;1-2;;;;;/h1-4H2;1,5H,3-4H2;1-2H;2*1H4;1H3;1H;/q;;;;;-1;;+2/p-1. The van der Waals surface area contributed by atoms with E-state index in [9.17, 15) is 0 Å². The molecule has 0 radical (unpaired) electrons. The fourth-order valence-electron chi connectivity index (χ4n) is 0.575. The van der Waals surface area contributed by atoms with Gasteiger partial charge in [-0.1, -0.05) is 14.9 Å². The summed E-state index contributed by atoms with van der Waals surface area (Å²) in [5.74, 6) is 2.27. The van der Waals surface area contributed by atoms with Crippen LogP contribution >= 0.6 is 0 Å². The Balaban J connectivity index is -0.0000000163. The van der Waals surface area contributed by atoms with Crippen LogP contribution < -0.4 is 12.4 Å². The zero-order valence-corrected chi connectivity index (χ0v) is 11.6. The van der Waals surface area contributed by atoms with Gasteiger partial charge in [0.15, 0.2) is 0 Å². The molecule has 1 heterocycles. The summed E-state index contributed by atoms with van der Waals surface area (Å²) in [4.78, 5) is 0. The molecule has 1 aliphatic heterocycles. The van der Waals surface area contributed by atoms with Crippen molar-refractivity contribution in [2.24, 2.45) is 0 Å². The van der Waals surface area contributed by atoms with Crippen LogP contribution in [0.2, 0.25) is 0 Å². The molecule has 0 aromatic rings. The van der Waals surface area contributed by atoms with Gasteiger partial charge < -0.3 is 29.7 Å². The predicted octanol–water partition coefficient (Wildman–Crippen LogP) is -0.606. The van der Waals surface area contributed by atoms with Crippen LogP contribution in [0.5, 0.6) is 0 Å². The summed E-state index contributed by atoms with van der Waals surface area (Å²) in [6.07, 6.45) is 15.8. The van der Waals surface area contributed by atoms with Crippen LogP contribution in [-0.2, 0) is 4.74 Å². The molecule has 17 heavy (non-hydrogen) atoms. The zero-order chi connectivity index (χ0) is 9.66. The first kappa shape index (κ1) is 43.5.